The van der Waals surface area contributed by atoms with Crippen molar-refractivity contribution in [2.75, 3.05) is 5.32 Å². The molecule has 0 aliphatic carbocycles. The van der Waals surface area contributed by atoms with Crippen molar-refractivity contribution in [3.63, 3.8) is 0 Å². The van der Waals surface area contributed by atoms with Gasteiger partial charge in [0.1, 0.15) is 0 Å². The second kappa shape index (κ2) is 5.97. The van der Waals surface area contributed by atoms with Gasteiger partial charge in [-0.2, -0.15) is 0 Å². The second-order valence-corrected chi connectivity index (χ2v) is 5.90. The van der Waals surface area contributed by atoms with Gasteiger partial charge in [-0.25, -0.2) is 0 Å². The third kappa shape index (κ3) is 4.82. The summed E-state index contributed by atoms with van der Waals surface area (Å²) >= 11 is 5.21. The molecular formula is C13H19N3O2S. The highest BCUT2D eigenvalue weighted by molar-refractivity contribution is 7.80. The molecule has 0 bridgehead atoms. The molecule has 2 N–H and O–H groups in total. The molecule has 0 fully saturated rings. The van der Waals surface area contributed by atoms with E-state index in [2.05, 4.69) is 38.3 Å². The normalized spacial score (nSPS) is 12.6. The number of nitrogens with zero attached hydrogens (tertiary/aromatic N) is 1. The molecule has 0 aliphatic rings. The predicted octanol–water partition coefficient (Wildman–Crippen LogP) is 3.32. The van der Waals surface area contributed by atoms with Crippen LogP contribution in [0.15, 0.2) is 24.3 Å². The maximum absolute atomic E-state index is 10.5. The van der Waals surface area contributed by atoms with Gasteiger partial charge in [0.05, 0.1) is 4.92 Å². The van der Waals surface area contributed by atoms with Gasteiger partial charge in [0.15, 0.2) is 5.11 Å². The minimum absolute atomic E-state index is 0.0625. The molecule has 1 aromatic rings. The van der Waals surface area contributed by atoms with Gasteiger partial charge in [-0.05, 0) is 36.7 Å². The van der Waals surface area contributed by atoms with E-state index in [0.29, 0.717) is 5.11 Å². The van der Waals surface area contributed by atoms with Crippen LogP contribution in [-0.2, 0) is 0 Å². The van der Waals surface area contributed by atoms with Crippen molar-refractivity contribution in [2.45, 2.75) is 33.7 Å². The molecule has 0 aromatic heterocycles. The van der Waals surface area contributed by atoms with Crippen molar-refractivity contribution >= 4 is 28.7 Å². The van der Waals surface area contributed by atoms with E-state index in [0.717, 1.165) is 5.69 Å². The third-order valence-corrected chi connectivity index (χ3v) is 3.20. The Labute approximate surface area is 118 Å². The van der Waals surface area contributed by atoms with Crippen molar-refractivity contribution < 1.29 is 4.92 Å². The number of nitro benzene ring substituents is 1. The lowest BCUT2D eigenvalue weighted by Crippen LogP contribution is -2.43. The minimum Gasteiger partial charge on any atom is -0.359 e. The van der Waals surface area contributed by atoms with Gasteiger partial charge in [0, 0.05) is 23.9 Å². The average Bonchev–Trinajstić information content (AvgIpc) is 2.28. The molecule has 6 heteroatoms. The number of nitrogens with one attached hydrogen (secondary N) is 2. The zero-order chi connectivity index (χ0) is 14.6. The fourth-order valence-corrected chi connectivity index (χ4v) is 1.54. The lowest BCUT2D eigenvalue weighted by molar-refractivity contribution is -0.384. The highest BCUT2D eigenvalue weighted by Gasteiger charge is 2.20. The Bertz CT molecular complexity index is 466. The first-order valence-corrected chi connectivity index (χ1v) is 6.43. The molecule has 1 aromatic carbocycles. The predicted molar refractivity (Wildman–Crippen MR) is 81.4 cm³/mol. The van der Waals surface area contributed by atoms with Gasteiger partial charge >= 0.3 is 0 Å². The number of benzene rings is 1. The topological polar surface area (TPSA) is 67.2 Å². The monoisotopic (exact) mass is 281 g/mol. The van der Waals surface area contributed by atoms with E-state index in [4.69, 9.17) is 12.2 Å². The average molecular weight is 281 g/mol. The van der Waals surface area contributed by atoms with E-state index in [1.165, 1.54) is 12.1 Å². The number of anilines is 1. The molecule has 0 radical (unpaired) electrons. The number of non-ortho nitro benzene ring substituents is 1. The van der Waals surface area contributed by atoms with Gasteiger partial charge in [0.25, 0.3) is 5.69 Å². The summed E-state index contributed by atoms with van der Waals surface area (Å²) in [5, 5.41) is 17.2. The Morgan fingerprint density at radius 3 is 2.26 bits per heavy atom. The van der Waals surface area contributed by atoms with Crippen molar-refractivity contribution in [3.8, 4) is 0 Å². The largest absolute Gasteiger partial charge is 0.359 e. The Hall–Kier alpha value is -1.69. The fraction of sp³-hybridized carbons (Fsp3) is 0.462. The number of nitro groups is 1. The van der Waals surface area contributed by atoms with Gasteiger partial charge in [0.2, 0.25) is 0 Å². The molecule has 1 unspecified atom stereocenters. The molecule has 0 saturated carbocycles. The minimum atomic E-state index is -0.429. The highest BCUT2D eigenvalue weighted by atomic mass is 32.1. The fourth-order valence-electron chi connectivity index (χ4n) is 1.25. The molecule has 0 amide bonds. The Morgan fingerprint density at radius 1 is 1.32 bits per heavy atom. The lowest BCUT2D eigenvalue weighted by atomic mass is 9.88. The molecular weight excluding hydrogens is 262 g/mol. The Kier molecular flexibility index (Phi) is 4.83. The molecule has 0 saturated heterocycles. The summed E-state index contributed by atoms with van der Waals surface area (Å²) in [6, 6.07) is 6.36. The van der Waals surface area contributed by atoms with Crippen LogP contribution in [0.3, 0.4) is 0 Å². The van der Waals surface area contributed by atoms with Gasteiger partial charge in [-0.1, -0.05) is 20.8 Å². The van der Waals surface area contributed by atoms with Crippen LogP contribution in [0.4, 0.5) is 11.4 Å². The molecule has 19 heavy (non-hydrogen) atoms. The number of thiocarbonyl (C=S) groups is 1. The zero-order valence-electron chi connectivity index (χ0n) is 11.6. The number of hydrogen-bond acceptors (Lipinski definition) is 3. The van der Waals surface area contributed by atoms with Gasteiger partial charge in [-0.15, -0.1) is 0 Å². The SMILES string of the molecule is CC(NC(=S)Nc1ccc([N+](=O)[O-])cc1)C(C)(C)C. The van der Waals surface area contributed by atoms with Crippen molar-refractivity contribution in [1.82, 2.24) is 5.32 Å². The molecule has 1 rings (SSSR count). The molecule has 5 nitrogen and oxygen atoms in total. The molecule has 0 aliphatic heterocycles. The third-order valence-electron chi connectivity index (χ3n) is 2.98. The van der Waals surface area contributed by atoms with Crippen molar-refractivity contribution in [2.24, 2.45) is 5.41 Å². The van der Waals surface area contributed by atoms with Crippen LogP contribution >= 0.6 is 12.2 Å². The van der Waals surface area contributed by atoms with E-state index in [1.54, 1.807) is 12.1 Å². The van der Waals surface area contributed by atoms with Gasteiger partial charge < -0.3 is 10.6 Å². The van der Waals surface area contributed by atoms with Gasteiger partial charge in [-0.3, -0.25) is 10.1 Å². The smallest absolute Gasteiger partial charge is 0.269 e. The lowest BCUT2D eigenvalue weighted by Gasteiger charge is -2.29. The maximum atomic E-state index is 10.5. The quantitative estimate of drug-likeness (QED) is 0.505. The maximum Gasteiger partial charge on any atom is 0.269 e. The van der Waals surface area contributed by atoms with E-state index in [9.17, 15) is 10.1 Å². The van der Waals surface area contributed by atoms with Crippen LogP contribution < -0.4 is 10.6 Å². The first-order valence-electron chi connectivity index (χ1n) is 6.02. The molecule has 1 atom stereocenters. The molecule has 104 valence electrons. The second-order valence-electron chi connectivity index (χ2n) is 5.49. The first kappa shape index (κ1) is 15.4. The summed E-state index contributed by atoms with van der Waals surface area (Å²) in [6.45, 7) is 8.43. The number of hydrogen-bond donors (Lipinski definition) is 2. The van der Waals surface area contributed by atoms with Crippen LogP contribution in [0.5, 0.6) is 0 Å². The standard InChI is InChI=1S/C13H19N3O2S/c1-9(13(2,3)4)14-12(19)15-10-5-7-11(8-6-10)16(17)18/h5-9H,1-4H3,(H2,14,15,19). The summed E-state index contributed by atoms with van der Waals surface area (Å²) in [5.74, 6) is 0. The summed E-state index contributed by atoms with van der Waals surface area (Å²) in [7, 11) is 0. The van der Waals surface area contributed by atoms with E-state index in [1.807, 2.05) is 0 Å². The van der Waals surface area contributed by atoms with Crippen LogP contribution in [-0.4, -0.2) is 16.1 Å². The summed E-state index contributed by atoms with van der Waals surface area (Å²) in [6.07, 6.45) is 0. The zero-order valence-corrected chi connectivity index (χ0v) is 12.4. The van der Waals surface area contributed by atoms with Crippen molar-refractivity contribution in [1.29, 1.82) is 0 Å². The number of rotatable bonds is 3. The van der Waals surface area contributed by atoms with Crippen molar-refractivity contribution in [3.05, 3.63) is 34.4 Å². The van der Waals surface area contributed by atoms with E-state index in [-0.39, 0.29) is 17.1 Å². The summed E-state index contributed by atoms with van der Waals surface area (Å²) in [4.78, 5) is 10.1. The van der Waals surface area contributed by atoms with E-state index >= 15 is 0 Å². The molecule has 0 heterocycles. The van der Waals surface area contributed by atoms with Crippen LogP contribution in [0, 0.1) is 15.5 Å². The summed E-state index contributed by atoms with van der Waals surface area (Å²) in [5.41, 5.74) is 0.887. The first-order chi connectivity index (χ1) is 8.70. The van der Waals surface area contributed by atoms with Crippen LogP contribution in [0.2, 0.25) is 0 Å². The van der Waals surface area contributed by atoms with Crippen LogP contribution in [0.25, 0.3) is 0 Å². The summed E-state index contributed by atoms with van der Waals surface area (Å²) < 4.78 is 0. The Morgan fingerprint density at radius 2 is 1.84 bits per heavy atom. The van der Waals surface area contributed by atoms with E-state index < -0.39 is 4.92 Å². The Balaban J connectivity index is 2.60. The highest BCUT2D eigenvalue weighted by Crippen LogP contribution is 2.19. The molecule has 0 spiro atoms. The van der Waals surface area contributed by atoms with Crippen LogP contribution in [0.1, 0.15) is 27.7 Å².